The molecule has 2 aromatic rings. The van der Waals surface area contributed by atoms with E-state index in [4.69, 9.17) is 9.84 Å². The van der Waals surface area contributed by atoms with Crippen LogP contribution >= 0.6 is 0 Å². The predicted molar refractivity (Wildman–Crippen MR) is 79.1 cm³/mol. The van der Waals surface area contributed by atoms with Crippen LogP contribution in [-0.2, 0) is 17.8 Å². The Morgan fingerprint density at radius 2 is 1.82 bits per heavy atom. The molecule has 1 N–H and O–H groups in total. The molecule has 6 nitrogen and oxygen atoms in total. The maximum atomic E-state index is 11.1. The maximum absolute atomic E-state index is 11.1. The van der Waals surface area contributed by atoms with Crippen molar-refractivity contribution in [3.05, 3.63) is 81.4 Å². The normalized spacial score (nSPS) is 11.8. The Kier molecular flexibility index (Phi) is 5.21. The SMILES string of the molecule is O=C(O)c1cccc(CC(OCc2ccccc2)[N+](=O)[O-])c1. The molecule has 0 spiro atoms. The minimum absolute atomic E-state index is 0.0148. The molecule has 0 saturated carbocycles. The third-order valence-electron chi connectivity index (χ3n) is 3.10. The van der Waals surface area contributed by atoms with Gasteiger partial charge in [-0.25, -0.2) is 4.79 Å². The summed E-state index contributed by atoms with van der Waals surface area (Å²) in [7, 11) is 0. The molecule has 0 aliphatic carbocycles. The van der Waals surface area contributed by atoms with Crippen LogP contribution in [0.15, 0.2) is 54.6 Å². The number of carboxylic acid groups (broad SMARTS) is 1. The molecule has 0 fully saturated rings. The van der Waals surface area contributed by atoms with Crippen LogP contribution in [-0.4, -0.2) is 22.2 Å². The number of benzene rings is 2. The van der Waals surface area contributed by atoms with Gasteiger partial charge in [0.1, 0.15) is 0 Å². The third-order valence-corrected chi connectivity index (χ3v) is 3.10. The first kappa shape index (κ1) is 15.7. The highest BCUT2D eigenvalue weighted by Crippen LogP contribution is 2.12. The van der Waals surface area contributed by atoms with Gasteiger partial charge in [-0.15, -0.1) is 0 Å². The topological polar surface area (TPSA) is 89.7 Å². The van der Waals surface area contributed by atoms with Crippen LogP contribution in [0.4, 0.5) is 0 Å². The van der Waals surface area contributed by atoms with Crippen molar-refractivity contribution in [1.82, 2.24) is 0 Å². The average molecular weight is 301 g/mol. The van der Waals surface area contributed by atoms with Crippen LogP contribution in [0.25, 0.3) is 0 Å². The van der Waals surface area contributed by atoms with Gasteiger partial charge in [0, 0.05) is 0 Å². The van der Waals surface area contributed by atoms with Gasteiger partial charge in [0.25, 0.3) is 0 Å². The number of nitrogens with zero attached hydrogens (tertiary/aromatic N) is 1. The van der Waals surface area contributed by atoms with Gasteiger partial charge in [-0.2, -0.15) is 0 Å². The van der Waals surface area contributed by atoms with Gasteiger partial charge in [-0.3, -0.25) is 10.1 Å². The summed E-state index contributed by atoms with van der Waals surface area (Å²) in [6.07, 6.45) is -1.20. The quantitative estimate of drug-likeness (QED) is 0.482. The van der Waals surface area contributed by atoms with E-state index < -0.39 is 17.1 Å². The zero-order valence-electron chi connectivity index (χ0n) is 11.7. The number of hydrogen-bond donors (Lipinski definition) is 1. The van der Waals surface area contributed by atoms with Gasteiger partial charge in [0.15, 0.2) is 0 Å². The molecule has 0 bridgehead atoms. The molecule has 22 heavy (non-hydrogen) atoms. The van der Waals surface area contributed by atoms with E-state index in [1.807, 2.05) is 30.3 Å². The molecule has 0 amide bonds. The fourth-order valence-corrected chi connectivity index (χ4v) is 1.99. The highest BCUT2D eigenvalue weighted by molar-refractivity contribution is 5.87. The Morgan fingerprint density at radius 1 is 1.14 bits per heavy atom. The lowest BCUT2D eigenvalue weighted by atomic mass is 10.1. The Hall–Kier alpha value is -2.73. The van der Waals surface area contributed by atoms with Gasteiger partial charge >= 0.3 is 12.2 Å². The van der Waals surface area contributed by atoms with Crippen LogP contribution in [0.3, 0.4) is 0 Å². The molecule has 114 valence electrons. The monoisotopic (exact) mass is 301 g/mol. The second-order valence-electron chi connectivity index (χ2n) is 4.75. The summed E-state index contributed by atoms with van der Waals surface area (Å²) in [5.74, 6) is -1.07. The summed E-state index contributed by atoms with van der Waals surface area (Å²) in [6.45, 7) is 0.130. The molecule has 0 aliphatic rings. The number of carbonyl (C=O) groups is 1. The second-order valence-corrected chi connectivity index (χ2v) is 4.75. The van der Waals surface area contributed by atoms with Gasteiger partial charge < -0.3 is 9.84 Å². The zero-order valence-corrected chi connectivity index (χ0v) is 11.7. The molecule has 0 saturated heterocycles. The van der Waals surface area contributed by atoms with Crippen LogP contribution in [0, 0.1) is 10.1 Å². The van der Waals surface area contributed by atoms with Crippen molar-refractivity contribution in [3.8, 4) is 0 Å². The molecule has 1 unspecified atom stereocenters. The van der Waals surface area contributed by atoms with E-state index in [-0.39, 0.29) is 18.6 Å². The van der Waals surface area contributed by atoms with Gasteiger partial charge in [0.05, 0.1) is 23.5 Å². The number of aromatic carboxylic acids is 1. The molecule has 0 radical (unpaired) electrons. The van der Waals surface area contributed by atoms with Crippen molar-refractivity contribution >= 4 is 5.97 Å². The number of ether oxygens (including phenoxy) is 1. The average Bonchev–Trinajstić information content (AvgIpc) is 2.52. The van der Waals surface area contributed by atoms with Crippen molar-refractivity contribution in [3.63, 3.8) is 0 Å². The Morgan fingerprint density at radius 3 is 2.45 bits per heavy atom. The van der Waals surface area contributed by atoms with Crippen LogP contribution in [0.1, 0.15) is 21.5 Å². The molecule has 1 atom stereocenters. The highest BCUT2D eigenvalue weighted by atomic mass is 16.7. The van der Waals surface area contributed by atoms with Crippen molar-refractivity contribution in [2.75, 3.05) is 0 Å². The summed E-state index contributed by atoms with van der Waals surface area (Å²) < 4.78 is 5.35. The Labute approximate surface area is 127 Å². The molecule has 2 rings (SSSR count). The van der Waals surface area contributed by atoms with E-state index in [9.17, 15) is 14.9 Å². The number of nitro groups is 1. The lowest BCUT2D eigenvalue weighted by Gasteiger charge is -2.11. The highest BCUT2D eigenvalue weighted by Gasteiger charge is 2.21. The minimum atomic E-state index is -1.22. The third kappa shape index (κ3) is 4.39. The fourth-order valence-electron chi connectivity index (χ4n) is 1.99. The Bertz CT molecular complexity index is 657. The van der Waals surface area contributed by atoms with Crippen molar-refractivity contribution in [2.45, 2.75) is 19.3 Å². The summed E-state index contributed by atoms with van der Waals surface area (Å²) in [5, 5.41) is 20.0. The first-order chi connectivity index (χ1) is 10.6. The fraction of sp³-hybridized carbons (Fsp3) is 0.188. The first-order valence-corrected chi connectivity index (χ1v) is 6.67. The molecule has 6 heteroatoms. The lowest BCUT2D eigenvalue weighted by molar-refractivity contribution is -0.577. The molecule has 0 aromatic heterocycles. The van der Waals surface area contributed by atoms with Gasteiger partial charge in [0.2, 0.25) is 0 Å². The van der Waals surface area contributed by atoms with Gasteiger partial charge in [-0.1, -0.05) is 42.5 Å². The smallest absolute Gasteiger partial charge is 0.335 e. The van der Waals surface area contributed by atoms with Crippen molar-refractivity contribution in [2.24, 2.45) is 0 Å². The number of carboxylic acids is 1. The Balaban J connectivity index is 2.04. The summed E-state index contributed by atoms with van der Waals surface area (Å²) >= 11 is 0. The largest absolute Gasteiger partial charge is 0.478 e. The van der Waals surface area contributed by atoms with E-state index in [2.05, 4.69) is 0 Å². The molecular formula is C16H15NO5. The second kappa shape index (κ2) is 7.33. The standard InChI is InChI=1S/C16H15NO5/c18-16(19)14-8-4-7-13(9-14)10-15(17(20)21)22-11-12-5-2-1-3-6-12/h1-9,15H,10-11H2,(H,18,19). The zero-order chi connectivity index (χ0) is 15.9. The first-order valence-electron chi connectivity index (χ1n) is 6.67. The molecule has 0 aliphatic heterocycles. The van der Waals surface area contributed by atoms with Crippen LogP contribution in [0.5, 0.6) is 0 Å². The summed E-state index contributed by atoms with van der Waals surface area (Å²) in [6, 6.07) is 15.2. The van der Waals surface area contributed by atoms with Crippen LogP contribution in [0.2, 0.25) is 0 Å². The van der Waals surface area contributed by atoms with E-state index in [1.165, 1.54) is 12.1 Å². The van der Waals surface area contributed by atoms with E-state index in [1.54, 1.807) is 12.1 Å². The van der Waals surface area contributed by atoms with E-state index >= 15 is 0 Å². The van der Waals surface area contributed by atoms with Gasteiger partial charge in [-0.05, 0) is 23.3 Å². The van der Waals surface area contributed by atoms with Crippen LogP contribution < -0.4 is 0 Å². The van der Waals surface area contributed by atoms with E-state index in [0.717, 1.165) is 5.56 Å². The summed E-state index contributed by atoms with van der Waals surface area (Å²) in [5.41, 5.74) is 1.49. The minimum Gasteiger partial charge on any atom is -0.478 e. The van der Waals surface area contributed by atoms with Crippen molar-refractivity contribution in [1.29, 1.82) is 0 Å². The van der Waals surface area contributed by atoms with E-state index in [0.29, 0.717) is 5.56 Å². The molecule has 2 aromatic carbocycles. The predicted octanol–water partition coefficient (Wildman–Crippen LogP) is 2.75. The summed E-state index contributed by atoms with van der Waals surface area (Å²) in [4.78, 5) is 21.5. The molecular weight excluding hydrogens is 286 g/mol. The lowest BCUT2D eigenvalue weighted by Crippen LogP contribution is -2.25. The van der Waals surface area contributed by atoms with Crippen molar-refractivity contribution < 1.29 is 19.6 Å². The number of hydrogen-bond acceptors (Lipinski definition) is 4. The maximum Gasteiger partial charge on any atom is 0.335 e. The number of rotatable bonds is 7. The molecule has 0 heterocycles.